The Morgan fingerprint density at radius 1 is 1.18 bits per heavy atom. The number of ether oxygens (including phenoxy) is 1. The van der Waals surface area contributed by atoms with Gasteiger partial charge in [-0.25, -0.2) is 0 Å². The summed E-state index contributed by atoms with van der Waals surface area (Å²) in [7, 11) is 1.59. The first-order valence-corrected chi connectivity index (χ1v) is 9.34. The molecule has 1 heterocycles. The predicted molar refractivity (Wildman–Crippen MR) is 110 cm³/mol. The predicted octanol–water partition coefficient (Wildman–Crippen LogP) is 2.15. The summed E-state index contributed by atoms with van der Waals surface area (Å²) in [5, 5.41) is 22.9. The van der Waals surface area contributed by atoms with Crippen LogP contribution in [0.1, 0.15) is 11.1 Å². The average molecular weight is 403 g/mol. The number of nitrogens with one attached hydrogen (secondary N) is 1. The highest BCUT2D eigenvalue weighted by molar-refractivity contribution is 6.31. The molecule has 0 unspecified atom stereocenters. The third kappa shape index (κ3) is 4.54. The summed E-state index contributed by atoms with van der Waals surface area (Å²) >= 11 is 6.31. The molecule has 0 aliphatic rings. The van der Waals surface area contributed by atoms with Crippen molar-refractivity contribution < 1.29 is 14.9 Å². The number of hydrogen-bond donors (Lipinski definition) is 3. The molecule has 3 N–H and O–H groups in total. The molecule has 0 spiro atoms. The van der Waals surface area contributed by atoms with E-state index in [-0.39, 0.29) is 25.3 Å². The number of hydrogen-bond acceptors (Lipinski definition) is 5. The van der Waals surface area contributed by atoms with E-state index in [1.807, 2.05) is 42.5 Å². The zero-order valence-corrected chi connectivity index (χ0v) is 16.3. The molecule has 2 aromatic carbocycles. The molecule has 0 saturated carbocycles. The van der Waals surface area contributed by atoms with Crippen LogP contribution in [0, 0.1) is 0 Å². The zero-order chi connectivity index (χ0) is 20.1. The van der Waals surface area contributed by atoms with Gasteiger partial charge < -0.3 is 24.8 Å². The van der Waals surface area contributed by atoms with Gasteiger partial charge in [-0.2, -0.15) is 0 Å². The number of halogens is 1. The molecule has 0 bridgehead atoms. The molecule has 3 rings (SSSR count). The minimum Gasteiger partial charge on any atom is -0.497 e. The summed E-state index contributed by atoms with van der Waals surface area (Å²) in [6, 6.07) is 14.8. The second-order valence-corrected chi connectivity index (χ2v) is 6.95. The van der Waals surface area contributed by atoms with E-state index in [0.717, 1.165) is 16.5 Å². The number of aliphatic hydroxyl groups is 2. The van der Waals surface area contributed by atoms with Crippen LogP contribution in [-0.4, -0.2) is 41.1 Å². The number of pyridine rings is 1. The van der Waals surface area contributed by atoms with Gasteiger partial charge in [0, 0.05) is 29.7 Å². The molecule has 0 amide bonds. The van der Waals surface area contributed by atoms with Crippen molar-refractivity contribution >= 4 is 22.5 Å². The second-order valence-electron chi connectivity index (χ2n) is 6.54. The van der Waals surface area contributed by atoms with Gasteiger partial charge in [-0.15, -0.1) is 0 Å². The third-order valence-electron chi connectivity index (χ3n) is 4.57. The SMILES string of the molecule is COc1ccc2cc(CNC[C@H](O)CO)c(=O)n(Cc3ccccc3Cl)c2c1. The molecule has 0 fully saturated rings. The van der Waals surface area contributed by atoms with Gasteiger partial charge in [-0.05, 0) is 35.2 Å². The number of aromatic nitrogens is 1. The summed E-state index contributed by atoms with van der Waals surface area (Å²) in [4.78, 5) is 13.2. The molecule has 28 heavy (non-hydrogen) atoms. The monoisotopic (exact) mass is 402 g/mol. The largest absolute Gasteiger partial charge is 0.497 e. The second kappa shape index (κ2) is 9.21. The minimum absolute atomic E-state index is 0.147. The number of benzene rings is 2. The Bertz CT molecular complexity index is 1020. The van der Waals surface area contributed by atoms with Crippen LogP contribution in [0.2, 0.25) is 5.02 Å². The van der Waals surface area contributed by atoms with Crippen LogP contribution in [0.25, 0.3) is 10.9 Å². The van der Waals surface area contributed by atoms with E-state index in [1.165, 1.54) is 0 Å². The van der Waals surface area contributed by atoms with E-state index < -0.39 is 6.10 Å². The maximum absolute atomic E-state index is 13.2. The van der Waals surface area contributed by atoms with E-state index in [1.54, 1.807) is 17.7 Å². The lowest BCUT2D eigenvalue weighted by atomic mass is 10.1. The highest BCUT2D eigenvalue weighted by Gasteiger charge is 2.13. The summed E-state index contributed by atoms with van der Waals surface area (Å²) < 4.78 is 7.00. The fourth-order valence-electron chi connectivity index (χ4n) is 3.06. The molecular formula is C21H23ClN2O4. The van der Waals surface area contributed by atoms with Gasteiger partial charge in [-0.3, -0.25) is 4.79 Å². The summed E-state index contributed by atoms with van der Waals surface area (Å²) in [5.41, 5.74) is 2.01. The van der Waals surface area contributed by atoms with Crippen molar-refractivity contribution in [1.29, 1.82) is 0 Å². The van der Waals surface area contributed by atoms with Gasteiger partial charge in [0.25, 0.3) is 5.56 Å². The fourth-order valence-corrected chi connectivity index (χ4v) is 3.25. The zero-order valence-electron chi connectivity index (χ0n) is 15.6. The van der Waals surface area contributed by atoms with Crippen molar-refractivity contribution in [2.45, 2.75) is 19.2 Å². The van der Waals surface area contributed by atoms with Crippen molar-refractivity contribution in [3.63, 3.8) is 0 Å². The van der Waals surface area contributed by atoms with E-state index in [9.17, 15) is 9.90 Å². The van der Waals surface area contributed by atoms with Gasteiger partial charge in [0.15, 0.2) is 0 Å². The average Bonchev–Trinajstić information content (AvgIpc) is 2.71. The minimum atomic E-state index is -0.866. The van der Waals surface area contributed by atoms with E-state index in [0.29, 0.717) is 22.9 Å². The van der Waals surface area contributed by atoms with Crippen LogP contribution in [0.5, 0.6) is 5.75 Å². The highest BCUT2D eigenvalue weighted by atomic mass is 35.5. The Kier molecular flexibility index (Phi) is 6.70. The number of rotatable bonds is 8. The van der Waals surface area contributed by atoms with Crippen LogP contribution in [0.4, 0.5) is 0 Å². The summed E-state index contributed by atoms with van der Waals surface area (Å²) in [5.74, 6) is 0.664. The number of methoxy groups -OCH3 is 1. The topological polar surface area (TPSA) is 83.7 Å². The van der Waals surface area contributed by atoms with Gasteiger partial charge in [0.2, 0.25) is 0 Å². The molecule has 6 nitrogen and oxygen atoms in total. The van der Waals surface area contributed by atoms with Crippen molar-refractivity contribution in [3.05, 3.63) is 75.0 Å². The van der Waals surface area contributed by atoms with Gasteiger partial charge in [-0.1, -0.05) is 29.8 Å². The van der Waals surface area contributed by atoms with Crippen molar-refractivity contribution in [2.24, 2.45) is 0 Å². The first-order valence-electron chi connectivity index (χ1n) is 8.97. The molecule has 3 aromatic rings. The van der Waals surface area contributed by atoms with Crippen LogP contribution in [-0.2, 0) is 13.1 Å². The molecule has 0 radical (unpaired) electrons. The number of nitrogens with zero attached hydrogens (tertiary/aromatic N) is 1. The van der Waals surface area contributed by atoms with Crippen LogP contribution < -0.4 is 15.6 Å². The lowest BCUT2D eigenvalue weighted by Gasteiger charge is -2.16. The summed E-state index contributed by atoms with van der Waals surface area (Å²) in [6.45, 7) is 0.470. The van der Waals surface area contributed by atoms with E-state index in [4.69, 9.17) is 21.4 Å². The molecule has 0 saturated heterocycles. The van der Waals surface area contributed by atoms with Crippen molar-refractivity contribution in [1.82, 2.24) is 9.88 Å². The molecule has 1 aromatic heterocycles. The van der Waals surface area contributed by atoms with Gasteiger partial charge >= 0.3 is 0 Å². The standard InChI is InChI=1S/C21H23ClN2O4/c1-28-18-7-6-14-8-16(10-23-11-17(26)13-25)21(27)24(20(14)9-18)12-15-4-2-3-5-19(15)22/h2-9,17,23,25-26H,10-13H2,1H3/t17-/m0/s1. The quantitative estimate of drug-likeness (QED) is 0.537. The molecular weight excluding hydrogens is 380 g/mol. The molecule has 7 heteroatoms. The van der Waals surface area contributed by atoms with Crippen LogP contribution in [0.3, 0.4) is 0 Å². The lowest BCUT2D eigenvalue weighted by molar-refractivity contribution is 0.0942. The van der Waals surface area contributed by atoms with Crippen LogP contribution in [0.15, 0.2) is 53.3 Å². The summed E-state index contributed by atoms with van der Waals surface area (Å²) in [6.07, 6.45) is -0.866. The first kappa shape index (κ1) is 20.4. The maximum atomic E-state index is 13.2. The van der Waals surface area contributed by atoms with Crippen molar-refractivity contribution in [3.8, 4) is 5.75 Å². The first-order chi connectivity index (χ1) is 13.5. The number of aliphatic hydroxyl groups excluding tert-OH is 2. The smallest absolute Gasteiger partial charge is 0.255 e. The van der Waals surface area contributed by atoms with Crippen molar-refractivity contribution in [2.75, 3.05) is 20.3 Å². The van der Waals surface area contributed by atoms with Gasteiger partial charge in [0.1, 0.15) is 5.75 Å². The highest BCUT2D eigenvalue weighted by Crippen LogP contribution is 2.23. The molecule has 0 aliphatic carbocycles. The van der Waals surface area contributed by atoms with Crippen LogP contribution >= 0.6 is 11.6 Å². The normalized spacial score (nSPS) is 12.3. The van der Waals surface area contributed by atoms with Gasteiger partial charge in [0.05, 0.1) is 31.9 Å². The molecule has 148 valence electrons. The van der Waals surface area contributed by atoms with E-state index >= 15 is 0 Å². The molecule has 0 aliphatic heterocycles. The maximum Gasteiger partial charge on any atom is 0.255 e. The third-order valence-corrected chi connectivity index (χ3v) is 4.94. The Morgan fingerprint density at radius 3 is 2.68 bits per heavy atom. The number of fused-ring (bicyclic) bond motifs is 1. The lowest BCUT2D eigenvalue weighted by Crippen LogP contribution is -2.32. The Morgan fingerprint density at radius 2 is 1.96 bits per heavy atom. The van der Waals surface area contributed by atoms with E-state index in [2.05, 4.69) is 5.32 Å². The Labute approximate surface area is 168 Å². The Balaban J connectivity index is 2.05. The fraction of sp³-hybridized carbons (Fsp3) is 0.286. The Hall–Kier alpha value is -2.38. The molecule has 1 atom stereocenters.